The van der Waals surface area contributed by atoms with Gasteiger partial charge in [-0.3, -0.25) is 0 Å². The van der Waals surface area contributed by atoms with Gasteiger partial charge in [-0.2, -0.15) is 0 Å². The highest BCUT2D eigenvalue weighted by atomic mass is 17.5. The summed E-state index contributed by atoms with van der Waals surface area (Å²) in [5.74, 6) is 0. The maximum absolute atomic E-state index is 9.30. The first-order chi connectivity index (χ1) is 4.91. The van der Waals surface area contributed by atoms with Gasteiger partial charge in [-0.15, -0.1) is 0 Å². The zero-order chi connectivity index (χ0) is 7.66. The fourth-order valence-electron chi connectivity index (χ4n) is 0.799. The molecule has 1 radical (unpaired) electrons. The summed E-state index contributed by atoms with van der Waals surface area (Å²) in [6.07, 6.45) is 5.76. The molecule has 0 unspecified atom stereocenters. The summed E-state index contributed by atoms with van der Waals surface area (Å²) >= 11 is 0. The average Bonchev–Trinajstić information content (AvgIpc) is 1.97. The van der Waals surface area contributed by atoms with Gasteiger partial charge >= 0.3 is 0 Å². The third kappa shape index (κ3) is 7.88. The van der Waals surface area contributed by atoms with E-state index in [1.54, 1.807) is 0 Å². The van der Waals surface area contributed by atoms with Crippen molar-refractivity contribution in [3.63, 3.8) is 0 Å². The predicted molar refractivity (Wildman–Crippen MR) is 36.5 cm³/mol. The van der Waals surface area contributed by atoms with Gasteiger partial charge in [0.2, 0.25) is 0 Å². The lowest BCUT2D eigenvalue weighted by molar-refractivity contribution is -0.527. The van der Waals surface area contributed by atoms with E-state index in [1.807, 2.05) is 0 Å². The Morgan fingerprint density at radius 2 is 1.80 bits per heavy atom. The van der Waals surface area contributed by atoms with Gasteiger partial charge < -0.3 is 0 Å². The van der Waals surface area contributed by atoms with Gasteiger partial charge in [-0.1, -0.05) is 32.6 Å². The van der Waals surface area contributed by atoms with E-state index in [0.29, 0.717) is 6.61 Å². The molecule has 0 aromatic carbocycles. The smallest absolute Gasteiger partial charge is 0.0855 e. The minimum Gasteiger partial charge on any atom is -0.204 e. The molecular weight excluding hydrogens is 132 g/mol. The van der Waals surface area contributed by atoms with Crippen LogP contribution in [0.2, 0.25) is 0 Å². The van der Waals surface area contributed by atoms with Crippen LogP contribution in [-0.2, 0) is 15.2 Å². The summed E-state index contributed by atoms with van der Waals surface area (Å²) in [6.45, 7) is 2.59. The maximum Gasteiger partial charge on any atom is 0.0855 e. The second-order valence-electron chi connectivity index (χ2n) is 2.30. The lowest BCUT2D eigenvalue weighted by atomic mass is 10.2. The van der Waals surface area contributed by atoms with Crippen molar-refractivity contribution in [1.29, 1.82) is 0 Å². The Morgan fingerprint density at radius 3 is 2.40 bits per heavy atom. The molecule has 0 aliphatic carbocycles. The first-order valence-corrected chi connectivity index (χ1v) is 3.83. The van der Waals surface area contributed by atoms with E-state index >= 15 is 0 Å². The van der Waals surface area contributed by atoms with E-state index in [2.05, 4.69) is 16.8 Å². The minimum atomic E-state index is 0.424. The first-order valence-electron chi connectivity index (χ1n) is 3.83. The van der Waals surface area contributed by atoms with E-state index < -0.39 is 0 Å². The Kier molecular flexibility index (Phi) is 8.77. The van der Waals surface area contributed by atoms with E-state index in [4.69, 9.17) is 0 Å². The third-order valence-corrected chi connectivity index (χ3v) is 1.38. The molecule has 61 valence electrons. The highest BCUT2D eigenvalue weighted by Crippen LogP contribution is 2.01. The van der Waals surface area contributed by atoms with E-state index in [0.717, 1.165) is 12.8 Å². The Labute approximate surface area is 61.8 Å². The Bertz CT molecular complexity index is 48.8. The zero-order valence-electron chi connectivity index (χ0n) is 6.47. The highest BCUT2D eigenvalue weighted by molar-refractivity contribution is 4.39. The molecule has 0 aromatic rings. The SMILES string of the molecule is CCCCCCCOO[O]. The van der Waals surface area contributed by atoms with Crippen LogP contribution in [0.15, 0.2) is 0 Å². The number of rotatable bonds is 7. The molecule has 0 saturated carbocycles. The third-order valence-electron chi connectivity index (χ3n) is 1.38. The standard InChI is InChI=1S/C7H15O3/c1-2-3-4-5-6-7-9-10-8/h2-7H2,1H3. The lowest BCUT2D eigenvalue weighted by Crippen LogP contribution is -1.91. The average molecular weight is 147 g/mol. The van der Waals surface area contributed by atoms with Crippen LogP contribution in [0, 0.1) is 0 Å². The minimum absolute atomic E-state index is 0.424. The maximum atomic E-state index is 9.30. The van der Waals surface area contributed by atoms with Crippen LogP contribution in [0.5, 0.6) is 0 Å². The fourth-order valence-corrected chi connectivity index (χ4v) is 0.799. The Hall–Kier alpha value is -0.120. The predicted octanol–water partition coefficient (Wildman–Crippen LogP) is 2.25. The summed E-state index contributed by atoms with van der Waals surface area (Å²) < 4.78 is 0. The zero-order valence-corrected chi connectivity index (χ0v) is 6.47. The van der Waals surface area contributed by atoms with Crippen LogP contribution >= 0.6 is 0 Å². The Morgan fingerprint density at radius 1 is 1.10 bits per heavy atom. The molecule has 10 heavy (non-hydrogen) atoms. The van der Waals surface area contributed by atoms with Crippen LogP contribution in [0.3, 0.4) is 0 Å². The molecule has 0 N–H and O–H groups in total. The summed E-state index contributed by atoms with van der Waals surface area (Å²) in [7, 11) is 0. The van der Waals surface area contributed by atoms with E-state index in [9.17, 15) is 5.26 Å². The molecule has 0 rings (SSSR count). The molecule has 0 amide bonds. The molecular formula is C7H15O3. The van der Waals surface area contributed by atoms with E-state index in [-0.39, 0.29) is 0 Å². The summed E-state index contributed by atoms with van der Waals surface area (Å²) in [6, 6.07) is 0. The highest BCUT2D eigenvalue weighted by Gasteiger charge is 1.89. The molecule has 0 saturated heterocycles. The van der Waals surface area contributed by atoms with E-state index in [1.165, 1.54) is 19.3 Å². The molecule has 0 bridgehead atoms. The molecule has 0 heterocycles. The normalized spacial score (nSPS) is 10.2. The van der Waals surface area contributed by atoms with Crippen molar-refractivity contribution < 1.29 is 15.2 Å². The number of unbranched alkanes of at least 4 members (excludes halogenated alkanes) is 4. The monoisotopic (exact) mass is 147 g/mol. The van der Waals surface area contributed by atoms with Crippen molar-refractivity contribution in [2.45, 2.75) is 39.0 Å². The van der Waals surface area contributed by atoms with Gasteiger partial charge in [0, 0.05) is 0 Å². The molecule has 3 heteroatoms. The first kappa shape index (κ1) is 9.88. The molecule has 0 atom stereocenters. The number of hydrogen-bond acceptors (Lipinski definition) is 2. The summed E-state index contributed by atoms with van der Waals surface area (Å²) in [5, 5.41) is 12.5. The molecule has 0 aliphatic rings. The van der Waals surface area contributed by atoms with Crippen molar-refractivity contribution in [2.24, 2.45) is 0 Å². The van der Waals surface area contributed by atoms with Crippen molar-refractivity contribution in [3.8, 4) is 0 Å². The van der Waals surface area contributed by atoms with Crippen molar-refractivity contribution in [1.82, 2.24) is 0 Å². The van der Waals surface area contributed by atoms with Crippen LogP contribution in [0.25, 0.3) is 0 Å². The van der Waals surface area contributed by atoms with Crippen LogP contribution in [0.1, 0.15) is 39.0 Å². The van der Waals surface area contributed by atoms with Gasteiger partial charge in [0.05, 0.1) is 6.61 Å². The van der Waals surface area contributed by atoms with Gasteiger partial charge in [0.25, 0.3) is 0 Å². The summed E-state index contributed by atoms with van der Waals surface area (Å²) in [4.78, 5) is 4.16. The largest absolute Gasteiger partial charge is 0.204 e. The molecule has 0 aromatic heterocycles. The van der Waals surface area contributed by atoms with Gasteiger partial charge in [0.1, 0.15) is 0 Å². The second kappa shape index (κ2) is 8.88. The van der Waals surface area contributed by atoms with Crippen molar-refractivity contribution in [2.75, 3.05) is 6.61 Å². The van der Waals surface area contributed by atoms with Crippen LogP contribution in [-0.4, -0.2) is 6.61 Å². The second-order valence-corrected chi connectivity index (χ2v) is 2.30. The van der Waals surface area contributed by atoms with Gasteiger partial charge in [0.15, 0.2) is 0 Å². The Balaban J connectivity index is 2.65. The van der Waals surface area contributed by atoms with Crippen molar-refractivity contribution in [3.05, 3.63) is 0 Å². The van der Waals surface area contributed by atoms with Gasteiger partial charge in [-0.05, 0) is 16.7 Å². The quantitative estimate of drug-likeness (QED) is 0.314. The molecule has 0 fully saturated rings. The van der Waals surface area contributed by atoms with Gasteiger partial charge in [-0.25, -0.2) is 4.89 Å². The molecule has 0 aliphatic heterocycles. The lowest BCUT2D eigenvalue weighted by Gasteiger charge is -1.96. The topological polar surface area (TPSA) is 38.4 Å². The van der Waals surface area contributed by atoms with Crippen molar-refractivity contribution >= 4 is 0 Å². The van der Waals surface area contributed by atoms with Crippen LogP contribution in [0.4, 0.5) is 0 Å². The molecule has 3 nitrogen and oxygen atoms in total. The van der Waals surface area contributed by atoms with Crippen LogP contribution < -0.4 is 0 Å². The summed E-state index contributed by atoms with van der Waals surface area (Å²) in [5.41, 5.74) is 0. The number of hydrogen-bond donors (Lipinski definition) is 0. The fraction of sp³-hybridized carbons (Fsp3) is 1.00. The molecule has 0 spiro atoms.